The molecule has 4 rings (SSSR count). The quantitative estimate of drug-likeness (QED) is 0.825. The van der Waals surface area contributed by atoms with Crippen LogP contribution in [0.25, 0.3) is 0 Å². The van der Waals surface area contributed by atoms with Crippen molar-refractivity contribution < 1.29 is 18.7 Å². The summed E-state index contributed by atoms with van der Waals surface area (Å²) in [5.74, 6) is -3.49. The SMILES string of the molecule is Cc1ccc(CN2CCCC2=O)cc1N1CC[C@H](c2ccc(O)cc2)C(F)(F)C1. The van der Waals surface area contributed by atoms with Crippen LogP contribution < -0.4 is 4.90 Å². The van der Waals surface area contributed by atoms with Gasteiger partial charge in [-0.2, -0.15) is 0 Å². The van der Waals surface area contributed by atoms with Crippen LogP contribution >= 0.6 is 0 Å². The summed E-state index contributed by atoms with van der Waals surface area (Å²) in [5, 5.41) is 9.43. The van der Waals surface area contributed by atoms with Crippen molar-refractivity contribution in [3.05, 3.63) is 59.2 Å². The van der Waals surface area contributed by atoms with Crippen molar-refractivity contribution in [2.24, 2.45) is 0 Å². The molecule has 0 spiro atoms. The standard InChI is InChI=1S/C23H26F2N2O2/c1-16-4-5-17(14-26-11-2-3-22(26)29)13-21(16)27-12-10-20(23(24,25)15-27)18-6-8-19(28)9-7-18/h4-9,13,20,28H,2-3,10-12,14-15H2,1H3/t20-/m1/s1. The smallest absolute Gasteiger partial charge is 0.272 e. The van der Waals surface area contributed by atoms with Gasteiger partial charge in [0.15, 0.2) is 0 Å². The second-order valence-corrected chi connectivity index (χ2v) is 8.16. The van der Waals surface area contributed by atoms with Crippen LogP contribution in [0.5, 0.6) is 5.75 Å². The van der Waals surface area contributed by atoms with E-state index in [9.17, 15) is 9.90 Å². The van der Waals surface area contributed by atoms with Crippen LogP contribution in [-0.2, 0) is 11.3 Å². The van der Waals surface area contributed by atoms with E-state index in [1.165, 1.54) is 12.1 Å². The minimum Gasteiger partial charge on any atom is -0.508 e. The zero-order valence-corrected chi connectivity index (χ0v) is 16.6. The van der Waals surface area contributed by atoms with Crippen molar-refractivity contribution in [2.45, 2.75) is 44.6 Å². The number of phenolic OH excluding ortho intramolecular Hbond substituents is 1. The van der Waals surface area contributed by atoms with Gasteiger partial charge in [0, 0.05) is 31.7 Å². The van der Waals surface area contributed by atoms with Gasteiger partial charge in [0.05, 0.1) is 12.5 Å². The van der Waals surface area contributed by atoms with Crippen LogP contribution in [0.4, 0.5) is 14.5 Å². The first-order valence-corrected chi connectivity index (χ1v) is 10.1. The van der Waals surface area contributed by atoms with E-state index in [0.717, 1.165) is 29.8 Å². The first-order valence-electron chi connectivity index (χ1n) is 10.1. The minimum absolute atomic E-state index is 0.0819. The lowest BCUT2D eigenvalue weighted by Crippen LogP contribution is -2.47. The maximum absolute atomic E-state index is 15.0. The second kappa shape index (κ2) is 7.65. The van der Waals surface area contributed by atoms with Crippen LogP contribution in [0.1, 0.15) is 41.9 Å². The zero-order valence-electron chi connectivity index (χ0n) is 16.6. The lowest BCUT2D eigenvalue weighted by atomic mass is 9.85. The third-order valence-electron chi connectivity index (χ3n) is 6.05. The highest BCUT2D eigenvalue weighted by atomic mass is 19.3. The van der Waals surface area contributed by atoms with Crippen LogP contribution in [0, 0.1) is 6.92 Å². The lowest BCUT2D eigenvalue weighted by molar-refractivity contribution is -0.128. The summed E-state index contributed by atoms with van der Waals surface area (Å²) in [6.45, 7) is 3.43. The molecule has 6 heteroatoms. The number of benzene rings is 2. The fourth-order valence-electron chi connectivity index (χ4n) is 4.45. The van der Waals surface area contributed by atoms with E-state index in [1.807, 2.05) is 30.0 Å². The summed E-state index contributed by atoms with van der Waals surface area (Å²) >= 11 is 0. The highest BCUT2D eigenvalue weighted by Crippen LogP contribution is 2.42. The number of aryl methyl sites for hydroxylation is 1. The van der Waals surface area contributed by atoms with Gasteiger partial charge in [-0.05, 0) is 54.7 Å². The number of alkyl halides is 2. The van der Waals surface area contributed by atoms with Gasteiger partial charge < -0.3 is 14.9 Å². The van der Waals surface area contributed by atoms with E-state index >= 15 is 8.78 Å². The summed E-state index contributed by atoms with van der Waals surface area (Å²) in [5.41, 5.74) is 3.31. The number of phenols is 1. The van der Waals surface area contributed by atoms with Crippen molar-refractivity contribution in [2.75, 3.05) is 24.5 Å². The number of amides is 1. The molecule has 2 heterocycles. The molecule has 0 aromatic heterocycles. The average Bonchev–Trinajstić information content (AvgIpc) is 3.08. The molecule has 2 aromatic carbocycles. The number of likely N-dealkylation sites (tertiary alicyclic amines) is 1. The topological polar surface area (TPSA) is 43.8 Å². The molecule has 29 heavy (non-hydrogen) atoms. The molecule has 4 nitrogen and oxygen atoms in total. The van der Waals surface area contributed by atoms with E-state index in [-0.39, 0.29) is 18.2 Å². The first kappa shape index (κ1) is 19.7. The molecule has 1 N–H and O–H groups in total. The summed E-state index contributed by atoms with van der Waals surface area (Å²) in [6.07, 6.45) is 1.82. The summed E-state index contributed by atoms with van der Waals surface area (Å²) in [7, 11) is 0. The molecule has 2 aliphatic rings. The molecule has 2 aliphatic heterocycles. The van der Waals surface area contributed by atoms with Crippen molar-refractivity contribution >= 4 is 11.6 Å². The number of hydrogen-bond donors (Lipinski definition) is 1. The van der Waals surface area contributed by atoms with Crippen LogP contribution in [-0.4, -0.2) is 41.5 Å². The molecule has 154 valence electrons. The number of halogens is 2. The van der Waals surface area contributed by atoms with E-state index in [4.69, 9.17) is 0 Å². The fraction of sp³-hybridized carbons (Fsp3) is 0.435. The van der Waals surface area contributed by atoms with Gasteiger partial charge in [-0.1, -0.05) is 24.3 Å². The molecule has 0 unspecified atom stereocenters. The number of carbonyl (C=O) groups excluding carboxylic acids is 1. The number of piperidine rings is 1. The lowest BCUT2D eigenvalue weighted by Gasteiger charge is -2.40. The van der Waals surface area contributed by atoms with Gasteiger partial charge >= 0.3 is 0 Å². The monoisotopic (exact) mass is 400 g/mol. The Morgan fingerprint density at radius 3 is 2.55 bits per heavy atom. The number of aromatic hydroxyl groups is 1. The Balaban J connectivity index is 1.52. The Labute approximate surface area is 169 Å². The molecular weight excluding hydrogens is 374 g/mol. The van der Waals surface area contributed by atoms with E-state index in [1.54, 1.807) is 17.0 Å². The van der Waals surface area contributed by atoms with Crippen molar-refractivity contribution in [3.8, 4) is 5.75 Å². The highest BCUT2D eigenvalue weighted by molar-refractivity contribution is 5.78. The molecule has 0 saturated carbocycles. The largest absolute Gasteiger partial charge is 0.508 e. The molecule has 2 fully saturated rings. The summed E-state index contributed by atoms with van der Waals surface area (Å²) in [4.78, 5) is 15.5. The van der Waals surface area contributed by atoms with E-state index in [0.29, 0.717) is 31.5 Å². The molecule has 0 radical (unpaired) electrons. The Hall–Kier alpha value is -2.63. The van der Waals surface area contributed by atoms with E-state index < -0.39 is 11.8 Å². The van der Waals surface area contributed by atoms with Gasteiger partial charge in [0.25, 0.3) is 5.92 Å². The van der Waals surface area contributed by atoms with Gasteiger partial charge in [-0.3, -0.25) is 4.79 Å². The molecule has 2 aromatic rings. The third-order valence-corrected chi connectivity index (χ3v) is 6.05. The predicted molar refractivity (Wildman–Crippen MR) is 108 cm³/mol. The summed E-state index contributed by atoms with van der Waals surface area (Å²) < 4.78 is 30.1. The number of anilines is 1. The predicted octanol–water partition coefficient (Wildman–Crippen LogP) is 4.45. The van der Waals surface area contributed by atoms with Gasteiger partial charge in [0.2, 0.25) is 5.91 Å². The maximum Gasteiger partial charge on any atom is 0.272 e. The Bertz CT molecular complexity index is 898. The van der Waals surface area contributed by atoms with Crippen LogP contribution in [0.3, 0.4) is 0 Å². The average molecular weight is 400 g/mol. The second-order valence-electron chi connectivity index (χ2n) is 8.16. The molecule has 0 aliphatic carbocycles. The van der Waals surface area contributed by atoms with Gasteiger partial charge in [-0.15, -0.1) is 0 Å². The minimum atomic E-state index is -2.87. The Morgan fingerprint density at radius 1 is 1.14 bits per heavy atom. The third kappa shape index (κ3) is 4.07. The van der Waals surface area contributed by atoms with Gasteiger partial charge in [-0.25, -0.2) is 8.78 Å². The van der Waals surface area contributed by atoms with Crippen molar-refractivity contribution in [1.29, 1.82) is 0 Å². The zero-order chi connectivity index (χ0) is 20.6. The Kier molecular flexibility index (Phi) is 5.19. The summed E-state index contributed by atoms with van der Waals surface area (Å²) in [6, 6.07) is 12.0. The number of rotatable bonds is 4. The number of nitrogens with zero attached hydrogens (tertiary/aromatic N) is 2. The Morgan fingerprint density at radius 2 is 1.90 bits per heavy atom. The molecule has 2 saturated heterocycles. The fourth-order valence-corrected chi connectivity index (χ4v) is 4.45. The van der Waals surface area contributed by atoms with Crippen molar-refractivity contribution in [1.82, 2.24) is 4.90 Å². The molecule has 0 bridgehead atoms. The van der Waals surface area contributed by atoms with Crippen LogP contribution in [0.2, 0.25) is 0 Å². The molecule has 1 amide bonds. The van der Waals surface area contributed by atoms with Gasteiger partial charge in [0.1, 0.15) is 5.75 Å². The van der Waals surface area contributed by atoms with Crippen molar-refractivity contribution in [3.63, 3.8) is 0 Å². The maximum atomic E-state index is 15.0. The first-order chi connectivity index (χ1) is 13.8. The number of carbonyl (C=O) groups is 1. The molecule has 1 atom stereocenters. The van der Waals surface area contributed by atoms with Crippen LogP contribution in [0.15, 0.2) is 42.5 Å². The number of hydrogen-bond acceptors (Lipinski definition) is 3. The van der Waals surface area contributed by atoms with E-state index in [2.05, 4.69) is 0 Å². The normalized spacial score (nSPS) is 21.6. The highest BCUT2D eigenvalue weighted by Gasteiger charge is 2.45. The molecular formula is C23H26F2N2O2.